The van der Waals surface area contributed by atoms with Crippen LogP contribution in [0.4, 0.5) is 4.39 Å². The fourth-order valence-corrected chi connectivity index (χ4v) is 1.76. The topological polar surface area (TPSA) is 92.8 Å². The summed E-state index contributed by atoms with van der Waals surface area (Å²) in [6, 6.07) is 0.750. The molecule has 94 valence electrons. The highest BCUT2D eigenvalue weighted by Crippen LogP contribution is 2.41. The highest BCUT2D eigenvalue weighted by atomic mass is 35.5. The summed E-state index contributed by atoms with van der Waals surface area (Å²) in [5.41, 5.74) is 5.13. The number of phenols is 1. The van der Waals surface area contributed by atoms with Crippen molar-refractivity contribution in [2.45, 2.75) is 5.92 Å². The third-order valence-corrected chi connectivity index (χ3v) is 2.66. The van der Waals surface area contributed by atoms with Crippen LogP contribution < -0.4 is 10.5 Å². The van der Waals surface area contributed by atoms with Crippen molar-refractivity contribution in [2.75, 3.05) is 13.7 Å². The fraction of sp³-hybridized carbons (Fsp3) is 0.300. The standard InChI is InChI=1S/C10H11ClFNO4/c1-17-9-6(14)2-5(12)8(11)7(9)4(3-13)10(15)16/h2,4,14H,3,13H2,1H3,(H,15,16). The number of aliphatic carboxylic acids is 1. The quantitative estimate of drug-likeness (QED) is 0.762. The van der Waals surface area contributed by atoms with Crippen molar-refractivity contribution in [1.82, 2.24) is 0 Å². The zero-order chi connectivity index (χ0) is 13.2. The SMILES string of the molecule is COc1c(O)cc(F)c(Cl)c1C(CN)C(=O)O. The van der Waals surface area contributed by atoms with Gasteiger partial charge in [0.05, 0.1) is 18.1 Å². The van der Waals surface area contributed by atoms with Gasteiger partial charge < -0.3 is 20.7 Å². The number of halogens is 2. The van der Waals surface area contributed by atoms with Crippen LogP contribution in [-0.2, 0) is 4.79 Å². The minimum Gasteiger partial charge on any atom is -0.504 e. The van der Waals surface area contributed by atoms with Crippen LogP contribution in [0.5, 0.6) is 11.5 Å². The molecule has 7 heteroatoms. The molecule has 5 nitrogen and oxygen atoms in total. The molecule has 17 heavy (non-hydrogen) atoms. The molecule has 1 atom stereocenters. The summed E-state index contributed by atoms with van der Waals surface area (Å²) in [6.45, 7) is -0.297. The van der Waals surface area contributed by atoms with Crippen molar-refractivity contribution in [1.29, 1.82) is 0 Å². The second-order valence-corrected chi connectivity index (χ2v) is 3.64. The summed E-state index contributed by atoms with van der Waals surface area (Å²) in [7, 11) is 1.21. The van der Waals surface area contributed by atoms with Gasteiger partial charge in [0.25, 0.3) is 0 Å². The minimum absolute atomic E-state index is 0.165. The molecule has 0 bridgehead atoms. The number of hydrogen-bond donors (Lipinski definition) is 3. The molecule has 1 aromatic rings. The van der Waals surface area contributed by atoms with Gasteiger partial charge in [0.2, 0.25) is 0 Å². The third kappa shape index (κ3) is 2.42. The summed E-state index contributed by atoms with van der Waals surface area (Å²) in [4.78, 5) is 11.0. The molecule has 0 heterocycles. The Kier molecular flexibility index (Phi) is 4.14. The van der Waals surface area contributed by atoms with E-state index in [1.165, 1.54) is 7.11 Å². The first kappa shape index (κ1) is 13.5. The van der Waals surface area contributed by atoms with Crippen LogP contribution in [0.3, 0.4) is 0 Å². The van der Waals surface area contributed by atoms with E-state index >= 15 is 0 Å². The van der Waals surface area contributed by atoms with E-state index in [1.807, 2.05) is 0 Å². The molecule has 1 rings (SSSR count). The summed E-state index contributed by atoms with van der Waals surface area (Å²) in [6.07, 6.45) is 0. The van der Waals surface area contributed by atoms with Crippen molar-refractivity contribution in [2.24, 2.45) is 5.73 Å². The molecule has 1 aromatic carbocycles. The third-order valence-electron chi connectivity index (χ3n) is 2.27. The lowest BCUT2D eigenvalue weighted by Crippen LogP contribution is -2.22. The van der Waals surface area contributed by atoms with Crippen LogP contribution in [0.15, 0.2) is 6.07 Å². The Morgan fingerprint density at radius 2 is 2.29 bits per heavy atom. The molecule has 0 saturated carbocycles. The predicted octanol–water partition coefficient (Wildman–Crippen LogP) is 1.32. The highest BCUT2D eigenvalue weighted by Gasteiger charge is 2.28. The average Bonchev–Trinajstić information content (AvgIpc) is 2.25. The maximum absolute atomic E-state index is 13.3. The molecule has 1 unspecified atom stereocenters. The molecular formula is C10H11ClFNO4. The van der Waals surface area contributed by atoms with Crippen LogP contribution in [-0.4, -0.2) is 29.8 Å². The van der Waals surface area contributed by atoms with Gasteiger partial charge in [-0.25, -0.2) is 4.39 Å². The average molecular weight is 264 g/mol. The Balaban J connectivity index is 3.53. The lowest BCUT2D eigenvalue weighted by atomic mass is 9.97. The summed E-state index contributed by atoms with van der Waals surface area (Å²) >= 11 is 5.68. The van der Waals surface area contributed by atoms with E-state index < -0.39 is 28.5 Å². The van der Waals surface area contributed by atoms with Gasteiger partial charge in [-0.15, -0.1) is 0 Å². The molecule has 0 aliphatic carbocycles. The molecular weight excluding hydrogens is 253 g/mol. The summed E-state index contributed by atoms with van der Waals surface area (Å²) < 4.78 is 18.2. The van der Waals surface area contributed by atoms with Crippen molar-refractivity contribution >= 4 is 17.6 Å². The molecule has 0 saturated heterocycles. The number of benzene rings is 1. The number of carboxylic acid groups (broad SMARTS) is 1. The maximum atomic E-state index is 13.3. The molecule has 0 amide bonds. The van der Waals surface area contributed by atoms with E-state index in [4.69, 9.17) is 27.2 Å². The van der Waals surface area contributed by atoms with Gasteiger partial charge in [0.1, 0.15) is 5.82 Å². The van der Waals surface area contributed by atoms with Crippen molar-refractivity contribution < 1.29 is 24.1 Å². The summed E-state index contributed by atoms with van der Waals surface area (Å²) in [5.74, 6) is -4.17. The molecule has 0 fully saturated rings. The maximum Gasteiger partial charge on any atom is 0.312 e. The minimum atomic E-state index is -1.28. The number of aromatic hydroxyl groups is 1. The number of hydrogen-bond acceptors (Lipinski definition) is 4. The Morgan fingerprint density at radius 3 is 2.71 bits per heavy atom. The second-order valence-electron chi connectivity index (χ2n) is 3.26. The van der Waals surface area contributed by atoms with Crippen LogP contribution in [0, 0.1) is 5.82 Å². The zero-order valence-electron chi connectivity index (χ0n) is 8.91. The summed E-state index contributed by atoms with van der Waals surface area (Å²) in [5, 5.41) is 18.0. The second kappa shape index (κ2) is 5.20. The highest BCUT2D eigenvalue weighted by molar-refractivity contribution is 6.32. The van der Waals surface area contributed by atoms with Crippen molar-refractivity contribution in [3.05, 3.63) is 22.5 Å². The number of carbonyl (C=O) groups is 1. The van der Waals surface area contributed by atoms with Crippen molar-refractivity contribution in [3.63, 3.8) is 0 Å². The van der Waals surface area contributed by atoms with E-state index in [-0.39, 0.29) is 17.9 Å². The molecule has 0 aromatic heterocycles. The number of nitrogens with two attached hydrogens (primary N) is 1. The number of carboxylic acids is 1. The van der Waals surface area contributed by atoms with Crippen LogP contribution in [0.1, 0.15) is 11.5 Å². The lowest BCUT2D eigenvalue weighted by molar-refractivity contribution is -0.138. The van der Waals surface area contributed by atoms with Crippen molar-refractivity contribution in [3.8, 4) is 11.5 Å². The zero-order valence-corrected chi connectivity index (χ0v) is 9.66. The first-order valence-electron chi connectivity index (χ1n) is 4.61. The van der Waals surface area contributed by atoms with Crippen LogP contribution in [0.25, 0.3) is 0 Å². The Labute approximate surface area is 102 Å². The van der Waals surface area contributed by atoms with E-state index in [0.717, 1.165) is 6.07 Å². The monoisotopic (exact) mass is 263 g/mol. The van der Waals surface area contributed by atoms with E-state index in [2.05, 4.69) is 0 Å². The van der Waals surface area contributed by atoms with Gasteiger partial charge in [-0.2, -0.15) is 0 Å². The van der Waals surface area contributed by atoms with Gasteiger partial charge in [0.15, 0.2) is 11.5 Å². The fourth-order valence-electron chi connectivity index (χ4n) is 1.48. The van der Waals surface area contributed by atoms with Gasteiger partial charge >= 0.3 is 5.97 Å². The van der Waals surface area contributed by atoms with Gasteiger partial charge in [-0.1, -0.05) is 11.6 Å². The number of rotatable bonds is 4. The Morgan fingerprint density at radius 1 is 1.71 bits per heavy atom. The molecule has 0 aliphatic rings. The number of methoxy groups -OCH3 is 1. The Bertz CT molecular complexity index is 452. The van der Waals surface area contributed by atoms with Crippen LogP contribution >= 0.6 is 11.6 Å². The molecule has 0 spiro atoms. The Hall–Kier alpha value is -1.53. The number of ether oxygens (including phenoxy) is 1. The molecule has 0 aliphatic heterocycles. The van der Waals surface area contributed by atoms with E-state index in [0.29, 0.717) is 0 Å². The first-order chi connectivity index (χ1) is 7.93. The van der Waals surface area contributed by atoms with Crippen LogP contribution in [0.2, 0.25) is 5.02 Å². The number of phenolic OH excluding ortho intramolecular Hbond substituents is 1. The smallest absolute Gasteiger partial charge is 0.312 e. The normalized spacial score (nSPS) is 12.2. The molecule has 0 radical (unpaired) electrons. The van der Waals surface area contributed by atoms with E-state index in [9.17, 15) is 14.3 Å². The lowest BCUT2D eigenvalue weighted by Gasteiger charge is -2.17. The van der Waals surface area contributed by atoms with E-state index in [1.54, 1.807) is 0 Å². The largest absolute Gasteiger partial charge is 0.504 e. The van der Waals surface area contributed by atoms with Gasteiger partial charge in [-0.3, -0.25) is 4.79 Å². The van der Waals surface area contributed by atoms with Gasteiger partial charge in [-0.05, 0) is 0 Å². The van der Waals surface area contributed by atoms with Gasteiger partial charge in [0, 0.05) is 18.2 Å². The predicted molar refractivity (Wildman–Crippen MR) is 59.1 cm³/mol. The first-order valence-corrected chi connectivity index (χ1v) is 4.99. The molecule has 4 N–H and O–H groups in total.